The Labute approximate surface area is 155 Å². The van der Waals surface area contributed by atoms with Crippen molar-refractivity contribution >= 4 is 29.9 Å². The van der Waals surface area contributed by atoms with Crippen molar-refractivity contribution in [2.75, 3.05) is 46.3 Å². The minimum atomic E-state index is 0. The van der Waals surface area contributed by atoms with Crippen LogP contribution in [-0.2, 0) is 0 Å². The first-order valence-corrected chi connectivity index (χ1v) is 8.86. The maximum Gasteiger partial charge on any atom is 0.193 e. The van der Waals surface area contributed by atoms with Crippen LogP contribution in [0.5, 0.6) is 0 Å². The lowest BCUT2D eigenvalue weighted by Crippen LogP contribution is -2.42. The SMILES string of the molecule is CCC(CC)CNC(=NC)N1CCC(CN(CC)CC)C1.I. The van der Waals surface area contributed by atoms with E-state index in [1.54, 1.807) is 0 Å². The molecule has 1 heterocycles. The highest BCUT2D eigenvalue weighted by atomic mass is 127. The molecule has 1 saturated heterocycles. The van der Waals surface area contributed by atoms with Crippen molar-refractivity contribution in [3.63, 3.8) is 0 Å². The molecule has 1 fully saturated rings. The molecule has 22 heavy (non-hydrogen) atoms. The van der Waals surface area contributed by atoms with E-state index >= 15 is 0 Å². The molecule has 1 rings (SSSR count). The minimum Gasteiger partial charge on any atom is -0.356 e. The molecule has 1 atom stereocenters. The molecule has 0 spiro atoms. The molecule has 0 aromatic carbocycles. The van der Waals surface area contributed by atoms with Crippen LogP contribution in [-0.4, -0.2) is 62.1 Å². The Morgan fingerprint density at radius 2 is 1.86 bits per heavy atom. The van der Waals surface area contributed by atoms with E-state index in [9.17, 15) is 0 Å². The Hall–Kier alpha value is -0.0400. The van der Waals surface area contributed by atoms with Crippen LogP contribution in [0.2, 0.25) is 0 Å². The van der Waals surface area contributed by atoms with Crippen molar-refractivity contribution < 1.29 is 0 Å². The number of hydrogen-bond donors (Lipinski definition) is 1. The minimum absolute atomic E-state index is 0. The molecule has 132 valence electrons. The molecule has 1 unspecified atom stereocenters. The molecule has 0 radical (unpaired) electrons. The lowest BCUT2D eigenvalue weighted by atomic mass is 10.0. The first kappa shape index (κ1) is 22.0. The highest BCUT2D eigenvalue weighted by Gasteiger charge is 2.26. The number of halogens is 1. The molecule has 1 aliphatic heterocycles. The van der Waals surface area contributed by atoms with Gasteiger partial charge in [-0.15, -0.1) is 24.0 Å². The Morgan fingerprint density at radius 3 is 2.36 bits per heavy atom. The number of rotatable bonds is 8. The zero-order chi connectivity index (χ0) is 15.7. The summed E-state index contributed by atoms with van der Waals surface area (Å²) in [4.78, 5) is 9.46. The molecule has 0 bridgehead atoms. The highest BCUT2D eigenvalue weighted by Crippen LogP contribution is 2.17. The van der Waals surface area contributed by atoms with E-state index in [0.29, 0.717) is 0 Å². The van der Waals surface area contributed by atoms with Gasteiger partial charge < -0.3 is 15.1 Å². The standard InChI is InChI=1S/C17H36N4.HI/c1-6-15(7-2)12-19-17(18-5)21-11-10-16(14-21)13-20(8-3)9-4;/h15-16H,6-14H2,1-5H3,(H,18,19);1H. The van der Waals surface area contributed by atoms with Crippen molar-refractivity contribution in [2.24, 2.45) is 16.8 Å². The van der Waals surface area contributed by atoms with Crippen LogP contribution < -0.4 is 5.32 Å². The summed E-state index contributed by atoms with van der Waals surface area (Å²) < 4.78 is 0. The smallest absolute Gasteiger partial charge is 0.193 e. The van der Waals surface area contributed by atoms with Crippen LogP contribution in [0.1, 0.15) is 47.0 Å². The zero-order valence-corrected chi connectivity index (χ0v) is 17.6. The van der Waals surface area contributed by atoms with Crippen LogP contribution in [0, 0.1) is 11.8 Å². The van der Waals surface area contributed by atoms with Crippen LogP contribution in [0.25, 0.3) is 0 Å². The fraction of sp³-hybridized carbons (Fsp3) is 0.941. The number of nitrogens with one attached hydrogen (secondary N) is 1. The second-order valence-corrected chi connectivity index (χ2v) is 6.20. The molecule has 0 amide bonds. The van der Waals surface area contributed by atoms with Gasteiger partial charge in [0.15, 0.2) is 5.96 Å². The number of aliphatic imine (C=N–C) groups is 1. The van der Waals surface area contributed by atoms with Crippen molar-refractivity contribution in [1.82, 2.24) is 15.1 Å². The van der Waals surface area contributed by atoms with Crippen molar-refractivity contribution in [1.29, 1.82) is 0 Å². The van der Waals surface area contributed by atoms with Gasteiger partial charge in [-0.05, 0) is 31.3 Å². The van der Waals surface area contributed by atoms with Gasteiger partial charge in [-0.1, -0.05) is 40.5 Å². The first-order valence-electron chi connectivity index (χ1n) is 8.86. The molecule has 0 aromatic heterocycles. The second kappa shape index (κ2) is 12.4. The molecule has 1 N–H and O–H groups in total. The van der Waals surface area contributed by atoms with Gasteiger partial charge in [-0.25, -0.2) is 0 Å². The normalized spacial score (nSPS) is 19.0. The van der Waals surface area contributed by atoms with Crippen LogP contribution in [0.3, 0.4) is 0 Å². The Bertz CT molecular complexity index is 301. The average molecular weight is 424 g/mol. The topological polar surface area (TPSA) is 30.9 Å². The van der Waals surface area contributed by atoms with Gasteiger partial charge in [-0.2, -0.15) is 0 Å². The van der Waals surface area contributed by atoms with Gasteiger partial charge in [0.25, 0.3) is 0 Å². The Morgan fingerprint density at radius 1 is 1.23 bits per heavy atom. The van der Waals surface area contributed by atoms with Crippen LogP contribution >= 0.6 is 24.0 Å². The second-order valence-electron chi connectivity index (χ2n) is 6.20. The summed E-state index contributed by atoms with van der Waals surface area (Å²) in [5.41, 5.74) is 0. The van der Waals surface area contributed by atoms with Gasteiger partial charge in [0.2, 0.25) is 0 Å². The fourth-order valence-corrected chi connectivity index (χ4v) is 3.17. The predicted molar refractivity (Wildman–Crippen MR) is 108 cm³/mol. The van der Waals surface area contributed by atoms with E-state index in [1.807, 2.05) is 7.05 Å². The van der Waals surface area contributed by atoms with Crippen molar-refractivity contribution in [3.8, 4) is 0 Å². The molecule has 0 saturated carbocycles. The highest BCUT2D eigenvalue weighted by molar-refractivity contribution is 14.0. The van der Waals surface area contributed by atoms with Crippen molar-refractivity contribution in [3.05, 3.63) is 0 Å². The largest absolute Gasteiger partial charge is 0.356 e. The summed E-state index contributed by atoms with van der Waals surface area (Å²) >= 11 is 0. The number of hydrogen-bond acceptors (Lipinski definition) is 2. The van der Waals surface area contributed by atoms with Gasteiger partial charge in [0, 0.05) is 33.2 Å². The number of guanidine groups is 1. The van der Waals surface area contributed by atoms with Crippen LogP contribution in [0.4, 0.5) is 0 Å². The number of likely N-dealkylation sites (tertiary alicyclic amines) is 1. The average Bonchev–Trinajstić information content (AvgIpc) is 2.97. The summed E-state index contributed by atoms with van der Waals surface area (Å²) in [6, 6.07) is 0. The van der Waals surface area contributed by atoms with Gasteiger partial charge in [-0.3, -0.25) is 4.99 Å². The maximum absolute atomic E-state index is 4.48. The summed E-state index contributed by atoms with van der Waals surface area (Å²) in [7, 11) is 1.91. The fourth-order valence-electron chi connectivity index (χ4n) is 3.17. The molecular weight excluding hydrogens is 387 g/mol. The summed E-state index contributed by atoms with van der Waals surface area (Å²) in [5, 5.41) is 3.58. The van der Waals surface area contributed by atoms with Gasteiger partial charge in [0.1, 0.15) is 0 Å². The summed E-state index contributed by atoms with van der Waals surface area (Å²) in [5.74, 6) is 2.65. The van der Waals surface area contributed by atoms with Gasteiger partial charge >= 0.3 is 0 Å². The summed E-state index contributed by atoms with van der Waals surface area (Å²) in [6.45, 7) is 16.0. The van der Waals surface area contributed by atoms with Gasteiger partial charge in [0.05, 0.1) is 0 Å². The first-order chi connectivity index (χ1) is 10.2. The lowest BCUT2D eigenvalue weighted by Gasteiger charge is -2.25. The third-order valence-electron chi connectivity index (χ3n) is 4.91. The van der Waals surface area contributed by atoms with E-state index in [4.69, 9.17) is 0 Å². The molecule has 5 heteroatoms. The van der Waals surface area contributed by atoms with Crippen molar-refractivity contribution in [2.45, 2.75) is 47.0 Å². The van der Waals surface area contributed by atoms with E-state index in [2.05, 4.69) is 47.8 Å². The van der Waals surface area contributed by atoms with E-state index < -0.39 is 0 Å². The summed E-state index contributed by atoms with van der Waals surface area (Å²) in [6.07, 6.45) is 3.78. The molecule has 4 nitrogen and oxygen atoms in total. The zero-order valence-electron chi connectivity index (χ0n) is 15.3. The van der Waals surface area contributed by atoms with E-state index in [0.717, 1.165) is 50.5 Å². The lowest BCUT2D eigenvalue weighted by molar-refractivity contribution is 0.255. The van der Waals surface area contributed by atoms with Crippen LogP contribution in [0.15, 0.2) is 4.99 Å². The Balaban J connectivity index is 0.00000441. The Kier molecular flexibility index (Phi) is 12.4. The predicted octanol–water partition coefficient (Wildman–Crippen LogP) is 3.28. The number of nitrogens with zero attached hydrogens (tertiary/aromatic N) is 3. The molecular formula is C17H37IN4. The third kappa shape index (κ3) is 7.02. The quantitative estimate of drug-likeness (QED) is 0.369. The third-order valence-corrected chi connectivity index (χ3v) is 4.91. The molecule has 1 aliphatic rings. The molecule has 0 aromatic rings. The monoisotopic (exact) mass is 424 g/mol. The molecule has 0 aliphatic carbocycles. The maximum atomic E-state index is 4.48. The van der Waals surface area contributed by atoms with E-state index in [1.165, 1.54) is 25.8 Å². The van der Waals surface area contributed by atoms with E-state index in [-0.39, 0.29) is 24.0 Å².